The summed E-state index contributed by atoms with van der Waals surface area (Å²) in [7, 11) is 3.34. The van der Waals surface area contributed by atoms with Crippen molar-refractivity contribution in [3.8, 4) is 0 Å². The highest BCUT2D eigenvalue weighted by Gasteiger charge is 2.43. The van der Waals surface area contributed by atoms with Gasteiger partial charge in [-0.3, -0.25) is 0 Å². The Hall–Kier alpha value is -0.160. The second-order valence-electron chi connectivity index (χ2n) is 8.68. The summed E-state index contributed by atoms with van der Waals surface area (Å²) in [6.07, 6.45) is 18.5. The van der Waals surface area contributed by atoms with E-state index in [4.69, 9.17) is 18.9 Å². The Balaban J connectivity index is 1.61. The lowest BCUT2D eigenvalue weighted by Crippen LogP contribution is -2.23. The summed E-state index contributed by atoms with van der Waals surface area (Å²) in [5.41, 5.74) is 0. The molecule has 1 heterocycles. The Morgan fingerprint density at radius 3 is 2.30 bits per heavy atom. The van der Waals surface area contributed by atoms with Crippen molar-refractivity contribution in [2.45, 2.75) is 109 Å². The highest BCUT2D eigenvalue weighted by molar-refractivity contribution is 4.91. The van der Waals surface area contributed by atoms with Crippen LogP contribution in [0.15, 0.2) is 0 Å². The Labute approximate surface area is 167 Å². The van der Waals surface area contributed by atoms with Crippen LogP contribution in [0.3, 0.4) is 0 Å². The molecule has 2 rings (SSSR count). The zero-order valence-electron chi connectivity index (χ0n) is 18.1. The second-order valence-corrected chi connectivity index (χ2v) is 8.68. The second kappa shape index (κ2) is 13.9. The third kappa shape index (κ3) is 9.74. The van der Waals surface area contributed by atoms with E-state index in [1.807, 2.05) is 0 Å². The molecule has 0 amide bonds. The van der Waals surface area contributed by atoms with Gasteiger partial charge >= 0.3 is 0 Å². The van der Waals surface area contributed by atoms with Gasteiger partial charge in [-0.15, -0.1) is 0 Å². The first-order valence-corrected chi connectivity index (χ1v) is 11.6. The van der Waals surface area contributed by atoms with Gasteiger partial charge in [-0.1, -0.05) is 58.3 Å². The first-order chi connectivity index (χ1) is 13.3. The third-order valence-electron chi connectivity index (χ3n) is 6.45. The summed E-state index contributed by atoms with van der Waals surface area (Å²) in [4.78, 5) is 0. The molecule has 0 spiro atoms. The van der Waals surface area contributed by atoms with Crippen molar-refractivity contribution in [1.29, 1.82) is 0 Å². The largest absolute Gasteiger partial charge is 0.376 e. The topological polar surface area (TPSA) is 40.2 Å². The highest BCUT2D eigenvalue weighted by Crippen LogP contribution is 2.41. The van der Waals surface area contributed by atoms with Crippen LogP contribution in [0, 0.1) is 11.8 Å². The molecule has 0 radical (unpaired) electrons. The first kappa shape index (κ1) is 23.1. The molecule has 4 heteroatoms. The zero-order chi connectivity index (χ0) is 19.3. The van der Waals surface area contributed by atoms with Crippen LogP contribution in [0.25, 0.3) is 0 Å². The zero-order valence-corrected chi connectivity index (χ0v) is 18.1. The van der Waals surface area contributed by atoms with Gasteiger partial charge in [0.1, 0.15) is 0 Å². The van der Waals surface area contributed by atoms with Crippen LogP contribution < -0.4 is 0 Å². The van der Waals surface area contributed by atoms with E-state index in [0.29, 0.717) is 24.7 Å². The maximum Gasteiger partial charge on any atom is 0.180 e. The van der Waals surface area contributed by atoms with Crippen LogP contribution in [-0.2, 0) is 18.9 Å². The van der Waals surface area contributed by atoms with Gasteiger partial charge in [0.05, 0.1) is 18.8 Å². The van der Waals surface area contributed by atoms with E-state index in [2.05, 4.69) is 6.92 Å². The molecule has 0 aromatic rings. The molecule has 2 fully saturated rings. The summed E-state index contributed by atoms with van der Waals surface area (Å²) in [5.74, 6) is 1.55. The molecule has 1 saturated carbocycles. The number of methoxy groups -OCH3 is 2. The van der Waals surface area contributed by atoms with Gasteiger partial charge in [-0.05, 0) is 43.9 Å². The van der Waals surface area contributed by atoms with Gasteiger partial charge in [-0.2, -0.15) is 0 Å². The fourth-order valence-electron chi connectivity index (χ4n) is 4.48. The van der Waals surface area contributed by atoms with Crippen molar-refractivity contribution in [3.05, 3.63) is 0 Å². The molecule has 0 aromatic heterocycles. The molecule has 0 bridgehead atoms. The number of ether oxygens (including phenoxy) is 4. The summed E-state index contributed by atoms with van der Waals surface area (Å²) in [6.45, 7) is 3.65. The maximum atomic E-state index is 5.94. The summed E-state index contributed by atoms with van der Waals surface area (Å²) < 4.78 is 22.1. The minimum atomic E-state index is -0.244. The third-order valence-corrected chi connectivity index (χ3v) is 6.45. The van der Waals surface area contributed by atoms with Gasteiger partial charge in [0.2, 0.25) is 0 Å². The molecule has 0 N–H and O–H groups in total. The average molecular weight is 385 g/mol. The fourth-order valence-corrected chi connectivity index (χ4v) is 4.48. The minimum absolute atomic E-state index is 0.244. The molecule has 1 saturated heterocycles. The fraction of sp³-hybridized carbons (Fsp3) is 1.00. The van der Waals surface area contributed by atoms with Gasteiger partial charge in [0.15, 0.2) is 6.29 Å². The molecule has 0 aromatic carbocycles. The Morgan fingerprint density at radius 1 is 0.852 bits per heavy atom. The van der Waals surface area contributed by atoms with Crippen molar-refractivity contribution in [1.82, 2.24) is 0 Å². The molecule has 27 heavy (non-hydrogen) atoms. The Morgan fingerprint density at radius 2 is 1.59 bits per heavy atom. The number of fused-ring (bicyclic) bond motifs is 1. The van der Waals surface area contributed by atoms with Crippen LogP contribution in [0.4, 0.5) is 0 Å². The lowest BCUT2D eigenvalue weighted by molar-refractivity contribution is -0.143. The van der Waals surface area contributed by atoms with E-state index in [1.54, 1.807) is 14.2 Å². The SMILES string of the molecule is CCCCCCCCCC(CCC1CCC2OC2C1)COCC(OC)OC. The Kier molecular flexibility index (Phi) is 11.9. The number of hydrogen-bond donors (Lipinski definition) is 0. The van der Waals surface area contributed by atoms with Crippen LogP contribution in [0.1, 0.15) is 90.4 Å². The van der Waals surface area contributed by atoms with Crippen LogP contribution in [-0.4, -0.2) is 45.9 Å². The normalized spacial score (nSPS) is 25.6. The van der Waals surface area contributed by atoms with E-state index in [0.717, 1.165) is 12.5 Å². The van der Waals surface area contributed by atoms with E-state index < -0.39 is 0 Å². The average Bonchev–Trinajstić information content (AvgIpc) is 3.47. The standard InChI is InChI=1S/C23H44O4/c1-4-5-6-7-8-9-10-11-20(17-26-18-23(24-2)25-3)13-12-19-14-15-21-22(16-19)27-21/h19-23H,4-18H2,1-3H3. The summed E-state index contributed by atoms with van der Waals surface area (Å²) in [5, 5.41) is 0. The maximum absolute atomic E-state index is 5.94. The first-order valence-electron chi connectivity index (χ1n) is 11.6. The van der Waals surface area contributed by atoms with E-state index in [-0.39, 0.29) is 6.29 Å². The van der Waals surface area contributed by atoms with E-state index in [1.165, 1.54) is 83.5 Å². The summed E-state index contributed by atoms with van der Waals surface area (Å²) in [6, 6.07) is 0. The molecular weight excluding hydrogens is 340 g/mol. The molecule has 1 aliphatic carbocycles. The van der Waals surface area contributed by atoms with Gasteiger partial charge in [0.25, 0.3) is 0 Å². The number of rotatable bonds is 17. The van der Waals surface area contributed by atoms with Gasteiger partial charge < -0.3 is 18.9 Å². The molecule has 160 valence electrons. The van der Waals surface area contributed by atoms with E-state index >= 15 is 0 Å². The predicted molar refractivity (Wildman–Crippen MR) is 110 cm³/mol. The van der Waals surface area contributed by atoms with Crippen molar-refractivity contribution in [3.63, 3.8) is 0 Å². The number of hydrogen-bond acceptors (Lipinski definition) is 4. The Bertz CT molecular complexity index is 358. The minimum Gasteiger partial charge on any atom is -0.376 e. The lowest BCUT2D eigenvalue weighted by atomic mass is 9.83. The van der Waals surface area contributed by atoms with E-state index in [9.17, 15) is 0 Å². The van der Waals surface area contributed by atoms with Gasteiger partial charge in [0, 0.05) is 20.8 Å². The van der Waals surface area contributed by atoms with Crippen LogP contribution >= 0.6 is 0 Å². The monoisotopic (exact) mass is 384 g/mol. The lowest BCUT2D eigenvalue weighted by Gasteiger charge is -2.23. The molecule has 1 aliphatic heterocycles. The van der Waals surface area contributed by atoms with Crippen molar-refractivity contribution in [2.75, 3.05) is 27.4 Å². The van der Waals surface area contributed by atoms with Crippen molar-refractivity contribution in [2.24, 2.45) is 11.8 Å². The highest BCUT2D eigenvalue weighted by atomic mass is 16.7. The van der Waals surface area contributed by atoms with Crippen LogP contribution in [0.5, 0.6) is 0 Å². The quantitative estimate of drug-likeness (QED) is 0.182. The molecular formula is C23H44O4. The smallest absolute Gasteiger partial charge is 0.180 e. The number of unbranched alkanes of at least 4 members (excludes halogenated alkanes) is 6. The molecule has 4 unspecified atom stereocenters. The molecule has 2 aliphatic rings. The number of epoxide rings is 1. The van der Waals surface area contributed by atoms with Gasteiger partial charge in [-0.25, -0.2) is 0 Å². The molecule has 4 atom stereocenters. The molecule has 4 nitrogen and oxygen atoms in total. The van der Waals surface area contributed by atoms with Crippen LogP contribution in [0.2, 0.25) is 0 Å². The van der Waals surface area contributed by atoms with Crippen molar-refractivity contribution >= 4 is 0 Å². The predicted octanol–water partition coefficient (Wildman–Crippen LogP) is 5.73. The van der Waals surface area contributed by atoms with Crippen molar-refractivity contribution < 1.29 is 18.9 Å². The summed E-state index contributed by atoms with van der Waals surface area (Å²) >= 11 is 0.